The summed E-state index contributed by atoms with van der Waals surface area (Å²) < 4.78 is 5.19. The molecule has 1 fully saturated rings. The molecule has 6 nitrogen and oxygen atoms in total. The van der Waals surface area contributed by atoms with Crippen LogP contribution in [0.5, 0.6) is 0 Å². The first-order valence-corrected chi connectivity index (χ1v) is 8.07. The van der Waals surface area contributed by atoms with Gasteiger partial charge < -0.3 is 9.72 Å². The molecule has 0 bridgehead atoms. The minimum atomic E-state index is -0.398. The first-order valence-electron chi connectivity index (χ1n) is 8.07. The molecule has 1 aromatic carbocycles. The minimum absolute atomic E-state index is 0.231. The number of hydrogen-bond donors (Lipinski definition) is 2. The number of aromatic amines is 1. The Balaban J connectivity index is 1.85. The fourth-order valence-electron chi connectivity index (χ4n) is 2.99. The van der Waals surface area contributed by atoms with Gasteiger partial charge in [0.25, 0.3) is 5.91 Å². The highest BCUT2D eigenvalue weighted by Gasteiger charge is 2.36. The molecule has 1 amide bonds. The van der Waals surface area contributed by atoms with E-state index in [1.807, 2.05) is 24.3 Å². The molecule has 2 N–H and O–H groups in total. The van der Waals surface area contributed by atoms with Crippen molar-refractivity contribution in [2.24, 2.45) is 11.0 Å². The average Bonchev–Trinajstić information content (AvgIpc) is 3.25. The van der Waals surface area contributed by atoms with E-state index in [4.69, 9.17) is 4.74 Å². The molecule has 1 aliphatic carbocycles. The fourth-order valence-corrected chi connectivity index (χ4v) is 2.99. The van der Waals surface area contributed by atoms with Crippen molar-refractivity contribution >= 4 is 34.6 Å². The third-order valence-electron chi connectivity index (χ3n) is 4.27. The molecular weight excluding hydrogens is 306 g/mol. The predicted octanol–water partition coefficient (Wildman–Crippen LogP) is 2.62. The molecule has 0 spiro atoms. The molecular formula is C18H17N3O3. The zero-order valence-corrected chi connectivity index (χ0v) is 13.3. The van der Waals surface area contributed by atoms with Crippen molar-refractivity contribution in [1.82, 2.24) is 10.4 Å². The summed E-state index contributed by atoms with van der Waals surface area (Å²) in [6.07, 6.45) is 3.80. The summed E-state index contributed by atoms with van der Waals surface area (Å²) in [6.45, 7) is 2.07. The standard InChI is InChI=1S/C18H17N3O3/c1-2-24-18(23)15-11-5-3-4-6-13(11)19-14(15)9-12-16(10-7-8-10)20-21-17(12)22/h3-6,9-10,19H,2,7-8H2,1H3,(H,21,22). The Morgan fingerprint density at radius 1 is 1.38 bits per heavy atom. The van der Waals surface area contributed by atoms with Crippen LogP contribution >= 0.6 is 0 Å². The zero-order chi connectivity index (χ0) is 16.7. The number of hydrazone groups is 1. The Morgan fingerprint density at radius 3 is 2.92 bits per heavy atom. The Bertz CT molecular complexity index is 903. The van der Waals surface area contributed by atoms with Crippen LogP contribution in [-0.4, -0.2) is 29.2 Å². The topological polar surface area (TPSA) is 83.6 Å². The van der Waals surface area contributed by atoms with Crippen LogP contribution in [0.25, 0.3) is 17.0 Å². The third kappa shape index (κ3) is 2.40. The van der Waals surface area contributed by atoms with E-state index < -0.39 is 5.97 Å². The van der Waals surface area contributed by atoms with Crippen LogP contribution in [0.15, 0.2) is 34.9 Å². The lowest BCUT2D eigenvalue weighted by molar-refractivity contribution is -0.116. The van der Waals surface area contributed by atoms with Gasteiger partial charge in [-0.1, -0.05) is 18.2 Å². The second-order valence-electron chi connectivity index (χ2n) is 5.95. The van der Waals surface area contributed by atoms with Crippen molar-refractivity contribution in [3.8, 4) is 0 Å². The monoisotopic (exact) mass is 323 g/mol. The molecule has 24 heavy (non-hydrogen) atoms. The minimum Gasteiger partial charge on any atom is -0.462 e. The van der Waals surface area contributed by atoms with Crippen molar-refractivity contribution in [3.63, 3.8) is 0 Å². The van der Waals surface area contributed by atoms with Gasteiger partial charge in [-0.25, -0.2) is 10.2 Å². The van der Waals surface area contributed by atoms with Gasteiger partial charge in [0.1, 0.15) is 0 Å². The molecule has 0 saturated heterocycles. The molecule has 122 valence electrons. The number of H-pyrrole nitrogens is 1. The number of aromatic nitrogens is 1. The quantitative estimate of drug-likeness (QED) is 0.670. The van der Waals surface area contributed by atoms with Gasteiger partial charge in [-0.15, -0.1) is 0 Å². The van der Waals surface area contributed by atoms with Crippen LogP contribution < -0.4 is 5.43 Å². The number of carbonyl (C=O) groups is 2. The number of amides is 1. The number of esters is 1. The van der Waals surface area contributed by atoms with Gasteiger partial charge in [0, 0.05) is 16.8 Å². The second-order valence-corrected chi connectivity index (χ2v) is 5.95. The molecule has 2 aromatic rings. The lowest BCUT2D eigenvalue weighted by atomic mass is 10.0. The maximum absolute atomic E-state index is 12.4. The van der Waals surface area contributed by atoms with Gasteiger partial charge in [-0.2, -0.15) is 5.10 Å². The largest absolute Gasteiger partial charge is 0.462 e. The highest BCUT2D eigenvalue weighted by atomic mass is 16.5. The summed E-state index contributed by atoms with van der Waals surface area (Å²) >= 11 is 0. The van der Waals surface area contributed by atoms with Crippen LogP contribution in [-0.2, 0) is 9.53 Å². The molecule has 0 atom stereocenters. The lowest BCUT2D eigenvalue weighted by Gasteiger charge is -2.03. The number of ether oxygens (including phenoxy) is 1. The average molecular weight is 323 g/mol. The van der Waals surface area contributed by atoms with Gasteiger partial charge >= 0.3 is 5.97 Å². The van der Waals surface area contributed by atoms with Crippen LogP contribution in [0.2, 0.25) is 0 Å². The van der Waals surface area contributed by atoms with Crippen molar-refractivity contribution in [1.29, 1.82) is 0 Å². The number of nitrogens with zero attached hydrogens (tertiary/aromatic N) is 1. The number of fused-ring (bicyclic) bond motifs is 1. The second kappa shape index (κ2) is 5.63. The van der Waals surface area contributed by atoms with Crippen LogP contribution in [0.1, 0.15) is 35.8 Å². The van der Waals surface area contributed by atoms with Crippen LogP contribution in [0.4, 0.5) is 0 Å². The van der Waals surface area contributed by atoms with E-state index >= 15 is 0 Å². The summed E-state index contributed by atoms with van der Waals surface area (Å²) in [5, 5.41) is 4.92. The van der Waals surface area contributed by atoms with E-state index in [9.17, 15) is 9.59 Å². The number of nitrogens with one attached hydrogen (secondary N) is 2. The molecule has 0 unspecified atom stereocenters. The maximum atomic E-state index is 12.4. The number of carbonyl (C=O) groups excluding carboxylic acids is 2. The normalized spacial score (nSPS) is 18.8. The van der Waals surface area contributed by atoms with Crippen molar-refractivity contribution in [3.05, 3.63) is 41.1 Å². The zero-order valence-electron chi connectivity index (χ0n) is 13.3. The molecule has 0 radical (unpaired) electrons. The predicted molar refractivity (Wildman–Crippen MR) is 90.5 cm³/mol. The summed E-state index contributed by atoms with van der Waals surface area (Å²) in [6, 6.07) is 7.52. The van der Waals surface area contributed by atoms with Crippen LogP contribution in [0, 0.1) is 5.92 Å². The first-order chi connectivity index (χ1) is 11.7. The van der Waals surface area contributed by atoms with E-state index in [-0.39, 0.29) is 5.91 Å². The number of rotatable bonds is 4. The Labute approximate surface area is 138 Å². The van der Waals surface area contributed by atoms with Gasteiger partial charge in [0.05, 0.1) is 29.1 Å². The Kier molecular flexibility index (Phi) is 3.45. The highest BCUT2D eigenvalue weighted by molar-refractivity contribution is 6.29. The molecule has 2 heterocycles. The van der Waals surface area contributed by atoms with Gasteiger partial charge in [0.15, 0.2) is 0 Å². The van der Waals surface area contributed by atoms with Gasteiger partial charge in [-0.3, -0.25) is 4.79 Å². The molecule has 4 rings (SSSR count). The van der Waals surface area contributed by atoms with E-state index in [1.54, 1.807) is 13.0 Å². The summed E-state index contributed by atoms with van der Waals surface area (Å²) in [5.41, 5.74) is 5.69. The van der Waals surface area contributed by atoms with Gasteiger partial charge in [0.2, 0.25) is 0 Å². The molecule has 6 heteroatoms. The van der Waals surface area contributed by atoms with E-state index in [0.717, 1.165) is 29.5 Å². The highest BCUT2D eigenvalue weighted by Crippen LogP contribution is 2.36. The smallest absolute Gasteiger partial charge is 0.340 e. The van der Waals surface area contributed by atoms with E-state index in [1.165, 1.54) is 0 Å². The molecule has 2 aliphatic rings. The van der Waals surface area contributed by atoms with E-state index in [0.29, 0.717) is 29.4 Å². The van der Waals surface area contributed by atoms with Crippen molar-refractivity contribution in [2.75, 3.05) is 6.61 Å². The van der Waals surface area contributed by atoms with Crippen molar-refractivity contribution in [2.45, 2.75) is 19.8 Å². The molecule has 1 saturated carbocycles. The van der Waals surface area contributed by atoms with Gasteiger partial charge in [-0.05, 0) is 31.9 Å². The summed E-state index contributed by atoms with van der Waals surface area (Å²) in [5.74, 6) is -0.291. The third-order valence-corrected chi connectivity index (χ3v) is 4.27. The first kappa shape index (κ1) is 14.7. The number of benzene rings is 1. The summed E-state index contributed by atoms with van der Waals surface area (Å²) in [4.78, 5) is 27.8. The number of para-hydroxylation sites is 1. The molecule has 1 aliphatic heterocycles. The molecule has 1 aromatic heterocycles. The number of hydrogen-bond acceptors (Lipinski definition) is 4. The fraction of sp³-hybridized carbons (Fsp3) is 0.278. The lowest BCUT2D eigenvalue weighted by Crippen LogP contribution is -2.14. The van der Waals surface area contributed by atoms with Crippen LogP contribution in [0.3, 0.4) is 0 Å². The summed E-state index contributed by atoms with van der Waals surface area (Å²) in [7, 11) is 0. The Morgan fingerprint density at radius 2 is 2.17 bits per heavy atom. The SMILES string of the molecule is CCOC(=O)c1c(C=C2C(=O)NN=C2C2CC2)[nH]c2ccccc12. The maximum Gasteiger partial charge on any atom is 0.340 e. The van der Waals surface area contributed by atoms with Crippen molar-refractivity contribution < 1.29 is 14.3 Å². The Hall–Kier alpha value is -2.89. The van der Waals surface area contributed by atoms with E-state index in [2.05, 4.69) is 15.5 Å².